The van der Waals surface area contributed by atoms with Crippen molar-refractivity contribution in [3.63, 3.8) is 0 Å². The van der Waals surface area contributed by atoms with Crippen molar-refractivity contribution in [2.45, 2.75) is 45.6 Å². The van der Waals surface area contributed by atoms with E-state index in [0.717, 1.165) is 32.1 Å². The molecule has 0 radical (unpaired) electrons. The number of H-pyrrole nitrogens is 2. The van der Waals surface area contributed by atoms with E-state index in [9.17, 15) is 14.4 Å². The molecule has 0 saturated heterocycles. The van der Waals surface area contributed by atoms with E-state index in [1.54, 1.807) is 7.05 Å². The van der Waals surface area contributed by atoms with Crippen molar-refractivity contribution in [1.82, 2.24) is 25.4 Å². The number of hydrogen-bond donors (Lipinski definition) is 3. The Balaban J connectivity index is 2.01. The molecule has 2 rings (SSSR count). The van der Waals surface area contributed by atoms with E-state index < -0.39 is 5.69 Å². The van der Waals surface area contributed by atoms with Crippen molar-refractivity contribution in [3.8, 4) is 0 Å². The maximum absolute atomic E-state index is 12.7. The van der Waals surface area contributed by atoms with Gasteiger partial charge in [-0.2, -0.15) is 5.10 Å². The van der Waals surface area contributed by atoms with Crippen LogP contribution in [0.2, 0.25) is 0 Å². The van der Waals surface area contributed by atoms with Crippen molar-refractivity contribution in [3.05, 3.63) is 16.3 Å². The highest BCUT2D eigenvalue weighted by atomic mass is 16.2. The number of nitrogens with zero attached hydrogens (tertiary/aromatic N) is 2. The highest BCUT2D eigenvalue weighted by Gasteiger charge is 2.37. The number of carbonyl (C=O) groups excluding carboxylic acids is 2. The Morgan fingerprint density at radius 3 is 2.61 bits per heavy atom. The standard InChI is InChI=1S/C15H25N5O3/c1-3-8-16-13(21)10-6-4-5-7-11(10)14(22)20(2)9-12-17-15(23)19-18-12/h10-11H,3-9H2,1-2H3,(H,16,21)(H2,17,18,19,23)/t10-,11+/m1/s1. The number of aromatic nitrogens is 3. The van der Waals surface area contributed by atoms with Crippen LogP contribution in [0.5, 0.6) is 0 Å². The van der Waals surface area contributed by atoms with E-state index in [2.05, 4.69) is 20.5 Å². The van der Waals surface area contributed by atoms with E-state index in [-0.39, 0.29) is 30.2 Å². The van der Waals surface area contributed by atoms with Gasteiger partial charge in [0.15, 0.2) is 5.82 Å². The van der Waals surface area contributed by atoms with Crippen molar-refractivity contribution >= 4 is 11.8 Å². The minimum atomic E-state index is -0.393. The van der Waals surface area contributed by atoms with E-state index in [1.165, 1.54) is 4.90 Å². The third kappa shape index (κ3) is 4.43. The molecule has 0 aliphatic heterocycles. The molecule has 23 heavy (non-hydrogen) atoms. The molecule has 8 heteroatoms. The fourth-order valence-electron chi connectivity index (χ4n) is 3.09. The smallest absolute Gasteiger partial charge is 0.340 e. The van der Waals surface area contributed by atoms with Gasteiger partial charge < -0.3 is 10.2 Å². The van der Waals surface area contributed by atoms with Crippen LogP contribution in [0.3, 0.4) is 0 Å². The summed E-state index contributed by atoms with van der Waals surface area (Å²) in [4.78, 5) is 40.1. The number of amides is 2. The monoisotopic (exact) mass is 323 g/mol. The summed E-state index contributed by atoms with van der Waals surface area (Å²) in [5.41, 5.74) is -0.393. The lowest BCUT2D eigenvalue weighted by Crippen LogP contribution is -2.44. The van der Waals surface area contributed by atoms with Gasteiger partial charge in [0.25, 0.3) is 0 Å². The highest BCUT2D eigenvalue weighted by Crippen LogP contribution is 2.31. The van der Waals surface area contributed by atoms with Crippen molar-refractivity contribution < 1.29 is 9.59 Å². The Hall–Kier alpha value is -2.12. The summed E-state index contributed by atoms with van der Waals surface area (Å²) in [6.45, 7) is 2.86. The normalized spacial score (nSPS) is 21.0. The van der Waals surface area contributed by atoms with Gasteiger partial charge >= 0.3 is 5.69 Å². The molecule has 1 aromatic rings. The van der Waals surface area contributed by atoms with Crippen LogP contribution in [0.15, 0.2) is 4.79 Å². The summed E-state index contributed by atoms with van der Waals surface area (Å²) in [7, 11) is 1.67. The zero-order valence-electron chi connectivity index (χ0n) is 13.7. The predicted octanol–water partition coefficient (Wildman–Crippen LogP) is 0.389. The summed E-state index contributed by atoms with van der Waals surface area (Å²) < 4.78 is 0. The summed E-state index contributed by atoms with van der Waals surface area (Å²) in [5.74, 6) is -0.231. The third-order valence-electron chi connectivity index (χ3n) is 4.28. The largest absolute Gasteiger partial charge is 0.356 e. The van der Waals surface area contributed by atoms with Crippen molar-refractivity contribution in [2.24, 2.45) is 11.8 Å². The Morgan fingerprint density at radius 2 is 2.00 bits per heavy atom. The molecule has 0 bridgehead atoms. The molecule has 1 aromatic heterocycles. The molecule has 1 aliphatic carbocycles. The first kappa shape index (κ1) is 17.2. The molecule has 128 valence electrons. The quantitative estimate of drug-likeness (QED) is 0.703. The molecule has 8 nitrogen and oxygen atoms in total. The summed E-state index contributed by atoms with van der Waals surface area (Å²) >= 11 is 0. The summed E-state index contributed by atoms with van der Waals surface area (Å²) in [6, 6.07) is 0. The van der Waals surface area contributed by atoms with Crippen LogP contribution >= 0.6 is 0 Å². The maximum Gasteiger partial charge on any atom is 0.340 e. The lowest BCUT2D eigenvalue weighted by molar-refractivity contribution is -0.143. The maximum atomic E-state index is 12.7. The number of hydrogen-bond acceptors (Lipinski definition) is 4. The zero-order chi connectivity index (χ0) is 16.8. The Bertz CT molecular complexity index is 594. The van der Waals surface area contributed by atoms with Gasteiger partial charge in [0, 0.05) is 25.4 Å². The molecule has 0 unspecified atom stereocenters. The molecule has 1 aliphatic rings. The van der Waals surface area contributed by atoms with E-state index >= 15 is 0 Å². The van der Waals surface area contributed by atoms with Crippen molar-refractivity contribution in [1.29, 1.82) is 0 Å². The molecule has 2 atom stereocenters. The number of nitrogens with one attached hydrogen (secondary N) is 3. The van der Waals surface area contributed by atoms with Crippen molar-refractivity contribution in [2.75, 3.05) is 13.6 Å². The zero-order valence-corrected chi connectivity index (χ0v) is 13.7. The van der Waals surface area contributed by atoms with Gasteiger partial charge in [-0.1, -0.05) is 19.8 Å². The first-order chi connectivity index (χ1) is 11.0. The van der Waals surface area contributed by atoms with Crippen LogP contribution in [-0.2, 0) is 16.1 Å². The minimum absolute atomic E-state index is 0.0218. The fourth-order valence-corrected chi connectivity index (χ4v) is 3.09. The Morgan fingerprint density at radius 1 is 1.30 bits per heavy atom. The minimum Gasteiger partial charge on any atom is -0.356 e. The van der Waals surface area contributed by atoms with Crippen LogP contribution in [0.1, 0.15) is 44.9 Å². The SMILES string of the molecule is CCCNC(=O)[C@@H]1CCCC[C@@H]1C(=O)N(C)Cc1n[nH]c(=O)[nH]1. The van der Waals surface area contributed by atoms with Gasteiger partial charge in [0.1, 0.15) is 0 Å². The van der Waals surface area contributed by atoms with Gasteiger partial charge in [0.05, 0.1) is 6.54 Å². The number of carbonyl (C=O) groups is 2. The molecule has 1 saturated carbocycles. The van der Waals surface area contributed by atoms with Gasteiger partial charge in [-0.15, -0.1) is 0 Å². The average Bonchev–Trinajstić information content (AvgIpc) is 2.96. The van der Waals surface area contributed by atoms with Crippen LogP contribution in [0.4, 0.5) is 0 Å². The van der Waals surface area contributed by atoms with Crippen LogP contribution < -0.4 is 11.0 Å². The second-order valence-corrected chi connectivity index (χ2v) is 6.11. The molecule has 1 heterocycles. The first-order valence-electron chi connectivity index (χ1n) is 8.19. The lowest BCUT2D eigenvalue weighted by Gasteiger charge is -2.32. The van der Waals surface area contributed by atoms with E-state index in [4.69, 9.17) is 0 Å². The highest BCUT2D eigenvalue weighted by molar-refractivity contribution is 5.87. The molecule has 1 fully saturated rings. The summed E-state index contributed by atoms with van der Waals surface area (Å²) in [5, 5.41) is 9.00. The molecular formula is C15H25N5O3. The lowest BCUT2D eigenvalue weighted by atomic mass is 9.78. The van der Waals surface area contributed by atoms with Crippen LogP contribution in [0, 0.1) is 11.8 Å². The second-order valence-electron chi connectivity index (χ2n) is 6.11. The average molecular weight is 323 g/mol. The van der Waals surface area contributed by atoms with Gasteiger partial charge in [-0.05, 0) is 19.3 Å². The fraction of sp³-hybridized carbons (Fsp3) is 0.733. The van der Waals surface area contributed by atoms with Crippen LogP contribution in [-0.4, -0.2) is 45.5 Å². The number of aromatic amines is 2. The van der Waals surface area contributed by atoms with Crippen LogP contribution in [0.25, 0.3) is 0 Å². The Kier molecular flexibility index (Phi) is 5.95. The molecule has 3 N–H and O–H groups in total. The topological polar surface area (TPSA) is 111 Å². The third-order valence-corrected chi connectivity index (χ3v) is 4.28. The molecule has 0 spiro atoms. The summed E-state index contributed by atoms with van der Waals surface area (Å²) in [6.07, 6.45) is 4.29. The molecule has 0 aromatic carbocycles. The van der Waals surface area contributed by atoms with Gasteiger partial charge in [-0.3, -0.25) is 14.6 Å². The van der Waals surface area contributed by atoms with E-state index in [1.807, 2.05) is 6.92 Å². The predicted molar refractivity (Wildman–Crippen MR) is 84.4 cm³/mol. The first-order valence-corrected chi connectivity index (χ1v) is 8.19. The molecular weight excluding hydrogens is 298 g/mol. The van der Waals surface area contributed by atoms with Gasteiger partial charge in [0.2, 0.25) is 11.8 Å². The van der Waals surface area contributed by atoms with Gasteiger partial charge in [-0.25, -0.2) is 9.89 Å². The molecule has 2 amide bonds. The van der Waals surface area contributed by atoms with E-state index in [0.29, 0.717) is 12.4 Å². The second kappa shape index (κ2) is 7.94. The Labute approximate surface area is 135 Å². The number of rotatable bonds is 6.